The van der Waals surface area contributed by atoms with Crippen LogP contribution in [0, 0.1) is 0 Å². The van der Waals surface area contributed by atoms with Crippen molar-refractivity contribution in [2.45, 2.75) is 30.8 Å². The summed E-state index contributed by atoms with van der Waals surface area (Å²) < 4.78 is 32.9. The van der Waals surface area contributed by atoms with E-state index in [0.717, 1.165) is 6.42 Å². The van der Waals surface area contributed by atoms with Gasteiger partial charge in [0.2, 0.25) is 21.8 Å². The monoisotopic (exact) mass is 376 g/mol. The summed E-state index contributed by atoms with van der Waals surface area (Å²) in [6, 6.07) is 9.55. The SMILES string of the molecule is CC(=O)Nc1ccc(S(=O)(=O)N2CCCC(Oc3cccnn3)C2)cc1. The quantitative estimate of drug-likeness (QED) is 0.852. The summed E-state index contributed by atoms with van der Waals surface area (Å²) >= 11 is 0. The molecule has 0 aliphatic carbocycles. The fourth-order valence-electron chi connectivity index (χ4n) is 2.80. The van der Waals surface area contributed by atoms with E-state index in [1.54, 1.807) is 30.5 Å². The van der Waals surface area contributed by atoms with E-state index in [1.807, 2.05) is 0 Å². The molecule has 1 aromatic carbocycles. The second-order valence-corrected chi connectivity index (χ2v) is 7.95. The minimum absolute atomic E-state index is 0.187. The van der Waals surface area contributed by atoms with Crippen molar-refractivity contribution < 1.29 is 17.9 Å². The summed E-state index contributed by atoms with van der Waals surface area (Å²) in [6.45, 7) is 2.10. The largest absolute Gasteiger partial charge is 0.472 e. The van der Waals surface area contributed by atoms with Crippen LogP contribution in [-0.4, -0.2) is 48.0 Å². The van der Waals surface area contributed by atoms with Crippen molar-refractivity contribution in [3.05, 3.63) is 42.6 Å². The Morgan fingerprint density at radius 3 is 2.69 bits per heavy atom. The third-order valence-electron chi connectivity index (χ3n) is 3.99. The van der Waals surface area contributed by atoms with Crippen LogP contribution < -0.4 is 10.1 Å². The highest BCUT2D eigenvalue weighted by Gasteiger charge is 2.31. The molecule has 1 unspecified atom stereocenters. The number of carbonyl (C=O) groups excluding carboxylic acids is 1. The van der Waals surface area contributed by atoms with Gasteiger partial charge in [0, 0.05) is 31.4 Å². The van der Waals surface area contributed by atoms with Crippen molar-refractivity contribution in [2.75, 3.05) is 18.4 Å². The number of ether oxygens (including phenoxy) is 1. The second kappa shape index (κ2) is 7.79. The number of benzene rings is 1. The topological polar surface area (TPSA) is 101 Å². The molecule has 1 amide bonds. The molecule has 0 radical (unpaired) electrons. The van der Waals surface area contributed by atoms with Gasteiger partial charge in [-0.2, -0.15) is 9.40 Å². The van der Waals surface area contributed by atoms with Crippen LogP contribution in [0.5, 0.6) is 5.88 Å². The number of hydrogen-bond acceptors (Lipinski definition) is 6. The molecule has 9 heteroatoms. The van der Waals surface area contributed by atoms with E-state index in [-0.39, 0.29) is 23.5 Å². The zero-order chi connectivity index (χ0) is 18.6. The molecular weight excluding hydrogens is 356 g/mol. The normalized spacial score (nSPS) is 18.3. The van der Waals surface area contributed by atoms with Gasteiger partial charge < -0.3 is 10.1 Å². The summed E-state index contributed by atoms with van der Waals surface area (Å²) in [5, 5.41) is 10.3. The number of carbonyl (C=O) groups is 1. The first kappa shape index (κ1) is 18.3. The molecule has 1 atom stereocenters. The van der Waals surface area contributed by atoms with Crippen LogP contribution in [0.2, 0.25) is 0 Å². The number of sulfonamides is 1. The van der Waals surface area contributed by atoms with Crippen LogP contribution in [0.4, 0.5) is 5.69 Å². The van der Waals surface area contributed by atoms with Gasteiger partial charge in [0.25, 0.3) is 0 Å². The number of piperidine rings is 1. The van der Waals surface area contributed by atoms with Crippen LogP contribution in [0.15, 0.2) is 47.5 Å². The molecule has 1 aromatic heterocycles. The van der Waals surface area contributed by atoms with Gasteiger partial charge in [0.1, 0.15) is 6.10 Å². The summed E-state index contributed by atoms with van der Waals surface area (Å²) in [4.78, 5) is 11.3. The molecular formula is C17H20N4O4S. The first-order valence-electron chi connectivity index (χ1n) is 8.27. The molecule has 2 aromatic rings. The highest BCUT2D eigenvalue weighted by Crippen LogP contribution is 2.24. The van der Waals surface area contributed by atoms with E-state index in [1.165, 1.54) is 23.4 Å². The Hall–Kier alpha value is -2.52. The Morgan fingerprint density at radius 1 is 1.27 bits per heavy atom. The lowest BCUT2D eigenvalue weighted by Gasteiger charge is -2.31. The molecule has 138 valence electrons. The van der Waals surface area contributed by atoms with Crippen molar-refractivity contribution in [1.29, 1.82) is 0 Å². The minimum Gasteiger partial charge on any atom is -0.472 e. The first-order valence-corrected chi connectivity index (χ1v) is 9.71. The van der Waals surface area contributed by atoms with E-state index < -0.39 is 10.0 Å². The molecule has 1 aliphatic heterocycles. The Balaban J connectivity index is 1.71. The lowest BCUT2D eigenvalue weighted by molar-refractivity contribution is -0.114. The lowest BCUT2D eigenvalue weighted by atomic mass is 10.1. The molecule has 0 saturated carbocycles. The minimum atomic E-state index is -3.63. The summed E-state index contributed by atoms with van der Waals surface area (Å²) in [5.41, 5.74) is 0.555. The summed E-state index contributed by atoms with van der Waals surface area (Å²) in [5.74, 6) is 0.178. The smallest absolute Gasteiger partial charge is 0.243 e. The van der Waals surface area contributed by atoms with Crippen molar-refractivity contribution in [3.8, 4) is 5.88 Å². The molecule has 1 N–H and O–H groups in total. The number of nitrogens with zero attached hydrogens (tertiary/aromatic N) is 3. The molecule has 0 spiro atoms. The molecule has 1 saturated heterocycles. The van der Waals surface area contributed by atoms with Gasteiger partial charge in [0.05, 0.1) is 11.4 Å². The number of aromatic nitrogens is 2. The van der Waals surface area contributed by atoms with Crippen molar-refractivity contribution >= 4 is 21.6 Å². The van der Waals surface area contributed by atoms with Gasteiger partial charge in [-0.05, 0) is 43.2 Å². The third-order valence-corrected chi connectivity index (χ3v) is 5.87. The fraction of sp³-hybridized carbons (Fsp3) is 0.353. The average Bonchev–Trinajstić information content (AvgIpc) is 2.63. The highest BCUT2D eigenvalue weighted by atomic mass is 32.2. The zero-order valence-corrected chi connectivity index (χ0v) is 15.1. The maximum atomic E-state index is 12.9. The Morgan fingerprint density at radius 2 is 2.04 bits per heavy atom. The zero-order valence-electron chi connectivity index (χ0n) is 14.3. The van der Waals surface area contributed by atoms with Crippen molar-refractivity contribution in [2.24, 2.45) is 0 Å². The van der Waals surface area contributed by atoms with Gasteiger partial charge in [-0.15, -0.1) is 5.10 Å². The summed E-state index contributed by atoms with van der Waals surface area (Å²) in [7, 11) is -3.63. The van der Waals surface area contributed by atoms with E-state index in [9.17, 15) is 13.2 Å². The van der Waals surface area contributed by atoms with Crippen molar-refractivity contribution in [1.82, 2.24) is 14.5 Å². The number of anilines is 1. The predicted molar refractivity (Wildman–Crippen MR) is 95.2 cm³/mol. The number of amides is 1. The van der Waals surface area contributed by atoms with Gasteiger partial charge in [-0.3, -0.25) is 4.79 Å². The van der Waals surface area contributed by atoms with Crippen LogP contribution in [0.1, 0.15) is 19.8 Å². The third kappa shape index (κ3) is 4.36. The van der Waals surface area contributed by atoms with Gasteiger partial charge in [-0.1, -0.05) is 0 Å². The Bertz CT molecular complexity index is 856. The molecule has 26 heavy (non-hydrogen) atoms. The van der Waals surface area contributed by atoms with E-state index in [0.29, 0.717) is 24.5 Å². The lowest BCUT2D eigenvalue weighted by Crippen LogP contribution is -2.44. The molecule has 0 bridgehead atoms. The standard InChI is InChI=1S/C17H20N4O4S/c1-13(22)19-14-6-8-16(9-7-14)26(23,24)21-11-3-4-15(12-21)25-17-5-2-10-18-20-17/h2,5-10,15H,3-4,11-12H2,1H3,(H,19,22). The highest BCUT2D eigenvalue weighted by molar-refractivity contribution is 7.89. The van der Waals surface area contributed by atoms with E-state index in [4.69, 9.17) is 4.74 Å². The summed E-state index contributed by atoms with van der Waals surface area (Å²) in [6.07, 6.45) is 2.74. The van der Waals surface area contributed by atoms with Crippen LogP contribution in [-0.2, 0) is 14.8 Å². The molecule has 1 aliphatic rings. The Labute approximate surface area is 152 Å². The molecule has 1 fully saturated rings. The van der Waals surface area contributed by atoms with Crippen LogP contribution in [0.25, 0.3) is 0 Å². The molecule has 8 nitrogen and oxygen atoms in total. The predicted octanol–water partition coefficient (Wildman–Crippen LogP) is 1.67. The van der Waals surface area contributed by atoms with Gasteiger partial charge in [-0.25, -0.2) is 8.42 Å². The first-order chi connectivity index (χ1) is 12.4. The number of nitrogens with one attached hydrogen (secondary N) is 1. The van der Waals surface area contributed by atoms with Gasteiger partial charge in [0.15, 0.2) is 0 Å². The Kier molecular flexibility index (Phi) is 5.48. The maximum Gasteiger partial charge on any atom is 0.243 e. The van der Waals surface area contributed by atoms with Crippen molar-refractivity contribution in [3.63, 3.8) is 0 Å². The number of hydrogen-bond donors (Lipinski definition) is 1. The van der Waals surface area contributed by atoms with Gasteiger partial charge >= 0.3 is 0 Å². The van der Waals surface area contributed by atoms with E-state index in [2.05, 4.69) is 15.5 Å². The van der Waals surface area contributed by atoms with Crippen LogP contribution >= 0.6 is 0 Å². The number of rotatable bonds is 5. The average molecular weight is 376 g/mol. The molecule has 2 heterocycles. The van der Waals surface area contributed by atoms with Crippen LogP contribution in [0.3, 0.4) is 0 Å². The fourth-order valence-corrected chi connectivity index (χ4v) is 4.31. The van der Waals surface area contributed by atoms with E-state index >= 15 is 0 Å². The maximum absolute atomic E-state index is 12.9. The second-order valence-electron chi connectivity index (χ2n) is 6.01. The molecule has 3 rings (SSSR count).